The molecular formula is C34H34F3N3O4S2. The van der Waals surface area contributed by atoms with Gasteiger partial charge in [-0.1, -0.05) is 12.1 Å². The summed E-state index contributed by atoms with van der Waals surface area (Å²) in [4.78, 5) is 22.7. The first-order valence-electron chi connectivity index (χ1n) is 15.1. The first-order valence-corrected chi connectivity index (χ1v) is 16.8. The number of anilines is 1. The highest BCUT2D eigenvalue weighted by atomic mass is 32.2. The normalized spacial score (nSPS) is 15.8. The van der Waals surface area contributed by atoms with Crippen LogP contribution in [0.1, 0.15) is 34.2 Å². The lowest BCUT2D eigenvalue weighted by Crippen LogP contribution is -2.46. The van der Waals surface area contributed by atoms with E-state index in [1.54, 1.807) is 6.92 Å². The summed E-state index contributed by atoms with van der Waals surface area (Å²) < 4.78 is 51.4. The molecule has 3 heterocycles. The molecule has 0 radical (unpaired) electrons. The van der Waals surface area contributed by atoms with Gasteiger partial charge in [-0.2, -0.15) is 13.2 Å². The Hall–Kier alpha value is -3.74. The van der Waals surface area contributed by atoms with E-state index in [0.717, 1.165) is 78.1 Å². The fourth-order valence-electron chi connectivity index (χ4n) is 5.52. The highest BCUT2D eigenvalue weighted by Gasteiger charge is 2.30. The van der Waals surface area contributed by atoms with Gasteiger partial charge in [0, 0.05) is 55.3 Å². The summed E-state index contributed by atoms with van der Waals surface area (Å²) in [5, 5.41) is 9.34. The van der Waals surface area contributed by atoms with Crippen LogP contribution in [-0.4, -0.2) is 59.0 Å². The van der Waals surface area contributed by atoms with Gasteiger partial charge in [0.25, 0.3) is 0 Å². The van der Waals surface area contributed by atoms with E-state index in [-0.39, 0.29) is 6.61 Å². The van der Waals surface area contributed by atoms with E-state index in [4.69, 9.17) is 14.5 Å². The lowest BCUT2D eigenvalue weighted by Gasteiger charge is -2.36. The molecule has 1 N–H and O–H groups in total. The van der Waals surface area contributed by atoms with Gasteiger partial charge in [-0.05, 0) is 73.5 Å². The Kier molecular flexibility index (Phi) is 9.49. The maximum absolute atomic E-state index is 13.2. The molecule has 46 heavy (non-hydrogen) atoms. The van der Waals surface area contributed by atoms with Crippen molar-refractivity contribution in [3.05, 3.63) is 87.9 Å². The Balaban J connectivity index is 1.17. The molecule has 1 fully saturated rings. The van der Waals surface area contributed by atoms with Crippen molar-refractivity contribution < 1.29 is 32.5 Å². The number of aryl methyl sites for hydroxylation is 1. The Morgan fingerprint density at radius 1 is 1.09 bits per heavy atom. The van der Waals surface area contributed by atoms with Crippen LogP contribution in [0, 0.1) is 6.92 Å². The molecular weight excluding hydrogens is 636 g/mol. The van der Waals surface area contributed by atoms with Gasteiger partial charge in [-0.3, -0.25) is 9.69 Å². The molecule has 3 aromatic carbocycles. The summed E-state index contributed by atoms with van der Waals surface area (Å²) >= 11 is 2.71. The van der Waals surface area contributed by atoms with E-state index in [0.29, 0.717) is 22.9 Å². The van der Waals surface area contributed by atoms with Crippen LogP contribution in [0.25, 0.3) is 10.6 Å². The number of nitrogens with zero attached hydrogens (tertiary/aromatic N) is 3. The molecule has 0 saturated carbocycles. The molecule has 0 amide bonds. The number of aliphatic carboxylic acids is 1. The minimum atomic E-state index is -4.40. The number of alkyl halides is 3. The molecule has 1 atom stereocenters. The van der Waals surface area contributed by atoms with Crippen molar-refractivity contribution in [2.45, 2.75) is 49.7 Å². The lowest BCUT2D eigenvalue weighted by atomic mass is 10.1. The number of aromatic nitrogens is 1. The molecule has 242 valence electrons. The topological polar surface area (TPSA) is 75.1 Å². The quantitative estimate of drug-likeness (QED) is 0.174. The summed E-state index contributed by atoms with van der Waals surface area (Å²) in [6.45, 7) is 8.57. The Morgan fingerprint density at radius 3 is 2.54 bits per heavy atom. The van der Waals surface area contributed by atoms with Crippen molar-refractivity contribution in [3.8, 4) is 22.1 Å². The molecule has 2 aliphatic heterocycles. The van der Waals surface area contributed by atoms with Gasteiger partial charge in [0.1, 0.15) is 28.4 Å². The Morgan fingerprint density at radius 2 is 1.85 bits per heavy atom. The standard InChI is InChI=1S/C34H34F3N3O4S2/c1-21-17-27(8-10-30(21)45-22(2)33(41)42)44-20-31-28(38-32(46-31)23-3-5-25(6-4-23)34(35,36)37)19-39-12-14-40(15-13-39)26-7-9-29-24(18-26)11-16-43-29/h3-10,17-18,22H,11-16,19-20H2,1-2H3,(H,41,42). The van der Waals surface area contributed by atoms with Crippen LogP contribution in [0.5, 0.6) is 11.5 Å². The number of carboxylic acid groups (broad SMARTS) is 1. The number of carbonyl (C=O) groups is 1. The highest BCUT2D eigenvalue weighted by molar-refractivity contribution is 8.00. The molecule has 2 aliphatic rings. The SMILES string of the molecule is Cc1cc(OCc2sc(-c3ccc(C(F)(F)F)cc3)nc2CN2CCN(c3ccc4c(c3)CCO4)CC2)ccc1SC(C)C(=O)O. The van der Waals surface area contributed by atoms with Gasteiger partial charge in [0.15, 0.2) is 0 Å². The number of piperazine rings is 1. The highest BCUT2D eigenvalue weighted by Crippen LogP contribution is 2.35. The van der Waals surface area contributed by atoms with E-state index >= 15 is 0 Å². The number of thioether (sulfide) groups is 1. The number of rotatable bonds is 10. The van der Waals surface area contributed by atoms with Gasteiger partial charge < -0.3 is 19.5 Å². The minimum absolute atomic E-state index is 0.252. The molecule has 4 aromatic rings. The average Bonchev–Trinajstić information content (AvgIpc) is 3.68. The van der Waals surface area contributed by atoms with Crippen molar-refractivity contribution in [2.24, 2.45) is 0 Å². The smallest absolute Gasteiger partial charge is 0.416 e. The van der Waals surface area contributed by atoms with Crippen LogP contribution in [0.3, 0.4) is 0 Å². The van der Waals surface area contributed by atoms with E-state index in [1.807, 2.05) is 25.1 Å². The monoisotopic (exact) mass is 669 g/mol. The van der Waals surface area contributed by atoms with E-state index in [2.05, 4.69) is 28.0 Å². The van der Waals surface area contributed by atoms with Crippen molar-refractivity contribution in [3.63, 3.8) is 0 Å². The van der Waals surface area contributed by atoms with Crippen molar-refractivity contribution in [2.75, 3.05) is 37.7 Å². The number of hydrogen-bond acceptors (Lipinski definition) is 8. The summed E-state index contributed by atoms with van der Waals surface area (Å²) in [6.07, 6.45) is -3.47. The van der Waals surface area contributed by atoms with Gasteiger partial charge in [-0.25, -0.2) is 4.98 Å². The molecule has 0 spiro atoms. The number of benzene rings is 3. The summed E-state index contributed by atoms with van der Waals surface area (Å²) in [5.74, 6) is 0.752. The van der Waals surface area contributed by atoms with Crippen molar-refractivity contribution in [1.82, 2.24) is 9.88 Å². The molecule has 0 bridgehead atoms. The molecule has 1 unspecified atom stereocenters. The zero-order valence-corrected chi connectivity index (χ0v) is 27.1. The minimum Gasteiger partial charge on any atom is -0.493 e. The average molecular weight is 670 g/mol. The summed E-state index contributed by atoms with van der Waals surface area (Å²) in [6, 6.07) is 17.1. The van der Waals surface area contributed by atoms with Crippen LogP contribution in [0.2, 0.25) is 0 Å². The van der Waals surface area contributed by atoms with E-state index < -0.39 is 23.0 Å². The van der Waals surface area contributed by atoms with Gasteiger partial charge in [-0.15, -0.1) is 23.1 Å². The number of carboxylic acids is 1. The molecule has 7 nitrogen and oxygen atoms in total. The molecule has 12 heteroatoms. The van der Waals surface area contributed by atoms with Crippen molar-refractivity contribution in [1.29, 1.82) is 0 Å². The number of ether oxygens (including phenoxy) is 2. The van der Waals surface area contributed by atoms with Gasteiger partial charge in [0.05, 0.1) is 22.7 Å². The number of halogens is 3. The fourth-order valence-corrected chi connectivity index (χ4v) is 7.39. The van der Waals surface area contributed by atoms with Crippen LogP contribution < -0.4 is 14.4 Å². The fraction of sp³-hybridized carbons (Fsp3) is 0.353. The first kappa shape index (κ1) is 32.2. The molecule has 6 rings (SSSR count). The van der Waals surface area contributed by atoms with Crippen LogP contribution in [-0.2, 0) is 30.5 Å². The van der Waals surface area contributed by atoms with Gasteiger partial charge >= 0.3 is 12.1 Å². The van der Waals surface area contributed by atoms with Crippen LogP contribution in [0.4, 0.5) is 18.9 Å². The van der Waals surface area contributed by atoms with Crippen LogP contribution in [0.15, 0.2) is 65.6 Å². The third-order valence-electron chi connectivity index (χ3n) is 8.19. The molecule has 0 aliphatic carbocycles. The third-order valence-corrected chi connectivity index (χ3v) is 10.6. The number of thiazole rings is 1. The predicted molar refractivity (Wildman–Crippen MR) is 174 cm³/mol. The zero-order valence-electron chi connectivity index (χ0n) is 25.5. The second kappa shape index (κ2) is 13.5. The first-order chi connectivity index (χ1) is 22.0. The Labute approximate surface area is 274 Å². The molecule has 1 saturated heterocycles. The lowest BCUT2D eigenvalue weighted by molar-refractivity contribution is -0.138. The zero-order chi connectivity index (χ0) is 32.4. The second-order valence-electron chi connectivity index (χ2n) is 11.4. The third kappa shape index (κ3) is 7.45. The maximum Gasteiger partial charge on any atom is 0.416 e. The predicted octanol–water partition coefficient (Wildman–Crippen LogP) is 7.54. The van der Waals surface area contributed by atoms with E-state index in [9.17, 15) is 23.1 Å². The summed E-state index contributed by atoms with van der Waals surface area (Å²) in [7, 11) is 0. The van der Waals surface area contributed by atoms with Gasteiger partial charge in [0.2, 0.25) is 0 Å². The second-order valence-corrected chi connectivity index (χ2v) is 13.9. The number of hydrogen-bond donors (Lipinski definition) is 1. The summed E-state index contributed by atoms with van der Waals surface area (Å²) in [5.41, 5.74) is 4.15. The van der Waals surface area contributed by atoms with E-state index in [1.165, 1.54) is 46.5 Å². The number of fused-ring (bicyclic) bond motifs is 1. The Bertz CT molecular complexity index is 1700. The van der Waals surface area contributed by atoms with Crippen LogP contribution >= 0.6 is 23.1 Å². The van der Waals surface area contributed by atoms with Crippen molar-refractivity contribution >= 4 is 34.8 Å². The molecule has 1 aromatic heterocycles. The largest absolute Gasteiger partial charge is 0.493 e. The maximum atomic E-state index is 13.2.